The molecule has 0 aliphatic carbocycles. The summed E-state index contributed by atoms with van der Waals surface area (Å²) in [6, 6.07) is 0. The van der Waals surface area contributed by atoms with E-state index in [-0.39, 0.29) is 11.2 Å². The lowest BCUT2D eigenvalue weighted by Crippen LogP contribution is -2.37. The van der Waals surface area contributed by atoms with E-state index in [1.807, 2.05) is 34.6 Å². The SMILES string of the molecule is CCCCC1(C)OOC(C)(C)CCC(C)(C)OO1. The lowest BCUT2D eigenvalue weighted by molar-refractivity contribution is -0.533. The summed E-state index contributed by atoms with van der Waals surface area (Å²) < 4.78 is 0. The van der Waals surface area contributed by atoms with Gasteiger partial charge in [-0.2, -0.15) is 9.78 Å². The minimum atomic E-state index is -0.838. The number of unbranched alkanes of at least 4 members (excludes halogenated alkanes) is 1. The van der Waals surface area contributed by atoms with E-state index in [0.29, 0.717) is 0 Å². The molecule has 0 aromatic heterocycles. The minimum Gasteiger partial charge on any atom is -0.228 e. The highest BCUT2D eigenvalue weighted by Gasteiger charge is 2.38. The van der Waals surface area contributed by atoms with E-state index in [9.17, 15) is 0 Å². The normalized spacial score (nSPS) is 27.0. The number of hydrogen-bond donors (Lipinski definition) is 0. The molecule has 0 saturated carbocycles. The maximum atomic E-state index is 5.55. The molecule has 4 nitrogen and oxygen atoms in total. The van der Waals surface area contributed by atoms with Crippen LogP contribution in [0.3, 0.4) is 0 Å². The van der Waals surface area contributed by atoms with E-state index in [4.69, 9.17) is 19.6 Å². The minimum absolute atomic E-state index is 0.332. The largest absolute Gasteiger partial charge is 0.231 e. The summed E-state index contributed by atoms with van der Waals surface area (Å²) >= 11 is 0. The van der Waals surface area contributed by atoms with Crippen LogP contribution in [0.1, 0.15) is 73.6 Å². The standard InChI is InChI=1S/C14H28O4/c1-7-8-9-14(6)17-15-12(2,3)10-11-13(4,5)16-18-14/h7-11H2,1-6H3. The van der Waals surface area contributed by atoms with Crippen LogP contribution in [0.5, 0.6) is 0 Å². The zero-order valence-electron chi connectivity index (χ0n) is 12.7. The van der Waals surface area contributed by atoms with Crippen molar-refractivity contribution in [2.24, 2.45) is 0 Å². The van der Waals surface area contributed by atoms with Crippen LogP contribution in [0.15, 0.2) is 0 Å². The molecule has 0 unspecified atom stereocenters. The molecule has 18 heavy (non-hydrogen) atoms. The average molecular weight is 260 g/mol. The number of rotatable bonds is 3. The van der Waals surface area contributed by atoms with Gasteiger partial charge >= 0.3 is 0 Å². The van der Waals surface area contributed by atoms with Crippen LogP contribution < -0.4 is 0 Å². The van der Waals surface area contributed by atoms with Gasteiger partial charge in [-0.15, -0.1) is 0 Å². The Morgan fingerprint density at radius 2 is 1.22 bits per heavy atom. The van der Waals surface area contributed by atoms with Crippen molar-refractivity contribution in [3.63, 3.8) is 0 Å². The molecule has 108 valence electrons. The van der Waals surface area contributed by atoms with Gasteiger partial charge in [-0.25, -0.2) is 9.78 Å². The van der Waals surface area contributed by atoms with E-state index in [2.05, 4.69) is 6.92 Å². The van der Waals surface area contributed by atoms with Crippen molar-refractivity contribution >= 4 is 0 Å². The Hall–Kier alpha value is -0.160. The highest BCUT2D eigenvalue weighted by molar-refractivity contribution is 4.76. The second-order valence-electron chi connectivity index (χ2n) is 6.59. The third-order valence-corrected chi connectivity index (χ3v) is 3.20. The van der Waals surface area contributed by atoms with Crippen molar-refractivity contribution in [3.05, 3.63) is 0 Å². The second-order valence-corrected chi connectivity index (χ2v) is 6.59. The van der Waals surface area contributed by atoms with Gasteiger partial charge in [0.15, 0.2) is 0 Å². The summed E-state index contributed by atoms with van der Waals surface area (Å²) in [5.74, 6) is -0.838. The molecule has 0 amide bonds. The van der Waals surface area contributed by atoms with E-state index < -0.39 is 5.79 Å². The van der Waals surface area contributed by atoms with Crippen LogP contribution >= 0.6 is 0 Å². The molecule has 1 aliphatic rings. The molecule has 0 aromatic carbocycles. The van der Waals surface area contributed by atoms with E-state index in [1.54, 1.807) is 0 Å². The zero-order chi connectivity index (χ0) is 13.9. The van der Waals surface area contributed by atoms with Crippen LogP contribution in [0.4, 0.5) is 0 Å². The summed E-state index contributed by atoms with van der Waals surface area (Å²) in [7, 11) is 0. The molecule has 1 aliphatic heterocycles. The smallest absolute Gasteiger partial charge is 0.228 e. The van der Waals surface area contributed by atoms with Crippen LogP contribution in [-0.2, 0) is 19.6 Å². The van der Waals surface area contributed by atoms with Crippen molar-refractivity contribution in [1.82, 2.24) is 0 Å². The van der Waals surface area contributed by atoms with Crippen molar-refractivity contribution in [2.45, 2.75) is 90.6 Å². The Bertz CT molecular complexity index is 241. The van der Waals surface area contributed by atoms with Gasteiger partial charge in [0.1, 0.15) is 0 Å². The molecule has 0 radical (unpaired) electrons. The first-order valence-corrected chi connectivity index (χ1v) is 6.92. The molecule has 0 atom stereocenters. The van der Waals surface area contributed by atoms with Crippen molar-refractivity contribution in [2.75, 3.05) is 0 Å². The highest BCUT2D eigenvalue weighted by Crippen LogP contribution is 2.33. The predicted molar refractivity (Wildman–Crippen MR) is 69.7 cm³/mol. The fourth-order valence-corrected chi connectivity index (χ4v) is 1.68. The third-order valence-electron chi connectivity index (χ3n) is 3.20. The molecule has 0 aromatic rings. The van der Waals surface area contributed by atoms with E-state index in [1.165, 1.54) is 0 Å². The second kappa shape index (κ2) is 5.87. The first-order valence-electron chi connectivity index (χ1n) is 6.92. The summed E-state index contributed by atoms with van der Waals surface area (Å²) in [5, 5.41) is 0. The topological polar surface area (TPSA) is 36.9 Å². The Morgan fingerprint density at radius 3 is 1.61 bits per heavy atom. The predicted octanol–water partition coefficient (Wildman–Crippen LogP) is 4.14. The summed E-state index contributed by atoms with van der Waals surface area (Å²) in [6.07, 6.45) is 4.54. The Labute approximate surface area is 111 Å². The average Bonchev–Trinajstić information content (AvgIpc) is 2.33. The van der Waals surface area contributed by atoms with Crippen molar-refractivity contribution in [3.8, 4) is 0 Å². The van der Waals surface area contributed by atoms with Gasteiger partial charge in [-0.1, -0.05) is 13.3 Å². The van der Waals surface area contributed by atoms with Crippen LogP contribution in [0.25, 0.3) is 0 Å². The van der Waals surface area contributed by atoms with Gasteiger partial charge in [0, 0.05) is 6.42 Å². The first kappa shape index (κ1) is 15.9. The molecule has 4 heteroatoms. The Morgan fingerprint density at radius 1 is 0.778 bits per heavy atom. The first-order chi connectivity index (χ1) is 8.18. The highest BCUT2D eigenvalue weighted by atomic mass is 17.3. The summed E-state index contributed by atoms with van der Waals surface area (Å²) in [5.41, 5.74) is -0.663. The van der Waals surface area contributed by atoms with Crippen LogP contribution in [0.2, 0.25) is 0 Å². The zero-order valence-corrected chi connectivity index (χ0v) is 12.7. The van der Waals surface area contributed by atoms with Crippen molar-refractivity contribution < 1.29 is 19.6 Å². The molecule has 0 N–H and O–H groups in total. The van der Waals surface area contributed by atoms with Crippen LogP contribution in [0, 0.1) is 0 Å². The van der Waals surface area contributed by atoms with Gasteiger partial charge in [0.05, 0.1) is 11.2 Å². The molecular weight excluding hydrogens is 232 g/mol. The van der Waals surface area contributed by atoms with Gasteiger partial charge in [0.2, 0.25) is 5.79 Å². The molecular formula is C14H28O4. The summed E-state index contributed by atoms with van der Waals surface area (Å²) in [4.78, 5) is 22.1. The van der Waals surface area contributed by atoms with E-state index >= 15 is 0 Å². The molecule has 1 rings (SSSR count). The molecule has 0 spiro atoms. The van der Waals surface area contributed by atoms with Gasteiger partial charge in [-0.05, 0) is 53.9 Å². The van der Waals surface area contributed by atoms with Gasteiger partial charge in [-0.3, -0.25) is 0 Å². The fourth-order valence-electron chi connectivity index (χ4n) is 1.68. The lowest BCUT2D eigenvalue weighted by Gasteiger charge is -2.30. The van der Waals surface area contributed by atoms with E-state index in [0.717, 1.165) is 32.1 Å². The molecule has 1 fully saturated rings. The maximum absolute atomic E-state index is 5.55. The van der Waals surface area contributed by atoms with Crippen LogP contribution in [-0.4, -0.2) is 17.0 Å². The lowest BCUT2D eigenvalue weighted by atomic mass is 9.94. The third kappa shape index (κ3) is 5.22. The molecule has 0 bridgehead atoms. The number of hydrogen-bond acceptors (Lipinski definition) is 4. The Kier molecular flexibility index (Phi) is 5.18. The monoisotopic (exact) mass is 260 g/mol. The maximum Gasteiger partial charge on any atom is 0.231 e. The van der Waals surface area contributed by atoms with Gasteiger partial charge < -0.3 is 0 Å². The molecule has 1 saturated heterocycles. The fraction of sp³-hybridized carbons (Fsp3) is 1.00. The molecule has 1 heterocycles. The quantitative estimate of drug-likeness (QED) is 0.715. The Balaban J connectivity index is 2.75. The summed E-state index contributed by atoms with van der Waals surface area (Å²) in [6.45, 7) is 12.1. The van der Waals surface area contributed by atoms with Crippen molar-refractivity contribution in [1.29, 1.82) is 0 Å². The van der Waals surface area contributed by atoms with Gasteiger partial charge in [0.25, 0.3) is 0 Å².